The number of nitrogens with zero attached hydrogens (tertiary/aromatic N) is 3. The average Bonchev–Trinajstić information content (AvgIpc) is 2.65. The van der Waals surface area contributed by atoms with Gasteiger partial charge in [-0.1, -0.05) is 11.3 Å². The van der Waals surface area contributed by atoms with Gasteiger partial charge in [-0.25, -0.2) is 15.0 Å². The van der Waals surface area contributed by atoms with Gasteiger partial charge in [0.1, 0.15) is 16.5 Å². The van der Waals surface area contributed by atoms with Gasteiger partial charge < -0.3 is 11.1 Å². The Morgan fingerprint density at radius 1 is 1.50 bits per heavy atom. The first-order chi connectivity index (χ1) is 7.65. The minimum Gasteiger partial charge on any atom is -0.375 e. The third-order valence-corrected chi connectivity index (χ3v) is 2.59. The number of aromatic nitrogens is 3. The Bertz CT molecular complexity index is 524. The van der Waals surface area contributed by atoms with Crippen LogP contribution >= 0.6 is 11.3 Å². The van der Waals surface area contributed by atoms with E-state index >= 15 is 0 Å². The molecule has 6 nitrogen and oxygen atoms in total. The van der Waals surface area contributed by atoms with Crippen molar-refractivity contribution in [3.63, 3.8) is 0 Å². The summed E-state index contributed by atoms with van der Waals surface area (Å²) in [6, 6.07) is 1.62. The number of carbonyl (C=O) groups excluding carboxylic acids is 1. The zero-order valence-corrected chi connectivity index (χ0v) is 9.28. The summed E-state index contributed by atoms with van der Waals surface area (Å²) < 4.78 is 0. The van der Waals surface area contributed by atoms with Crippen LogP contribution in [0, 0.1) is 6.92 Å². The monoisotopic (exact) mass is 235 g/mol. The van der Waals surface area contributed by atoms with Crippen LogP contribution in [0.15, 0.2) is 18.5 Å². The SMILES string of the molecule is Cc1nccc(NC(=O)c2cnc(N)s2)n1. The maximum atomic E-state index is 11.7. The second-order valence-electron chi connectivity index (χ2n) is 3.01. The van der Waals surface area contributed by atoms with Crippen LogP contribution in [0.1, 0.15) is 15.5 Å². The third kappa shape index (κ3) is 2.31. The van der Waals surface area contributed by atoms with Gasteiger partial charge in [0.15, 0.2) is 5.13 Å². The zero-order chi connectivity index (χ0) is 11.5. The van der Waals surface area contributed by atoms with Gasteiger partial charge in [0.25, 0.3) is 5.91 Å². The van der Waals surface area contributed by atoms with Crippen molar-refractivity contribution in [3.8, 4) is 0 Å². The van der Waals surface area contributed by atoms with E-state index in [1.54, 1.807) is 19.2 Å². The Balaban J connectivity index is 2.13. The molecule has 7 heteroatoms. The Labute approximate surface area is 95.6 Å². The minimum absolute atomic E-state index is 0.271. The molecule has 2 aromatic rings. The Morgan fingerprint density at radius 3 is 2.94 bits per heavy atom. The van der Waals surface area contributed by atoms with Crippen molar-refractivity contribution in [2.45, 2.75) is 6.92 Å². The fourth-order valence-corrected chi connectivity index (χ4v) is 1.68. The van der Waals surface area contributed by atoms with E-state index in [1.165, 1.54) is 6.20 Å². The normalized spacial score (nSPS) is 10.1. The highest BCUT2D eigenvalue weighted by molar-refractivity contribution is 7.17. The van der Waals surface area contributed by atoms with Crippen LogP contribution in [0.3, 0.4) is 0 Å². The maximum absolute atomic E-state index is 11.7. The lowest BCUT2D eigenvalue weighted by molar-refractivity contribution is 0.103. The van der Waals surface area contributed by atoms with E-state index in [-0.39, 0.29) is 5.91 Å². The van der Waals surface area contributed by atoms with E-state index in [2.05, 4.69) is 20.3 Å². The highest BCUT2D eigenvalue weighted by Gasteiger charge is 2.10. The number of nitrogens with one attached hydrogen (secondary N) is 1. The number of nitrogens with two attached hydrogens (primary N) is 1. The number of amides is 1. The van der Waals surface area contributed by atoms with Gasteiger partial charge in [0.2, 0.25) is 0 Å². The van der Waals surface area contributed by atoms with E-state index in [9.17, 15) is 4.79 Å². The van der Waals surface area contributed by atoms with E-state index in [0.717, 1.165) is 11.3 Å². The standard InChI is InChI=1S/C9H9N5OS/c1-5-11-3-2-7(13-5)14-8(15)6-4-12-9(10)16-6/h2-4H,1H3,(H2,10,12)(H,11,13,14,15). The van der Waals surface area contributed by atoms with Gasteiger partial charge >= 0.3 is 0 Å². The molecule has 0 bridgehead atoms. The number of hydrogen-bond donors (Lipinski definition) is 2. The van der Waals surface area contributed by atoms with Crippen LogP contribution in [0.4, 0.5) is 10.9 Å². The van der Waals surface area contributed by atoms with Crippen molar-refractivity contribution in [3.05, 3.63) is 29.2 Å². The predicted octanol–water partition coefficient (Wildman–Crippen LogP) is 1.08. The summed E-state index contributed by atoms with van der Waals surface area (Å²) in [5, 5.41) is 3.00. The van der Waals surface area contributed by atoms with Crippen molar-refractivity contribution in [1.29, 1.82) is 0 Å². The summed E-state index contributed by atoms with van der Waals surface area (Å²) in [6.45, 7) is 1.75. The van der Waals surface area contributed by atoms with Crippen molar-refractivity contribution < 1.29 is 4.79 Å². The number of carbonyl (C=O) groups is 1. The largest absolute Gasteiger partial charge is 0.375 e. The highest BCUT2D eigenvalue weighted by atomic mass is 32.1. The second kappa shape index (κ2) is 4.23. The van der Waals surface area contributed by atoms with E-state index in [1.807, 2.05) is 0 Å². The quantitative estimate of drug-likeness (QED) is 0.812. The molecular formula is C9H9N5OS. The van der Waals surface area contributed by atoms with Gasteiger partial charge in [-0.2, -0.15) is 0 Å². The molecule has 0 saturated carbocycles. The summed E-state index contributed by atoms with van der Waals surface area (Å²) in [6.07, 6.45) is 3.02. The summed E-state index contributed by atoms with van der Waals surface area (Å²) in [5.74, 6) is 0.790. The first-order valence-electron chi connectivity index (χ1n) is 4.47. The Morgan fingerprint density at radius 2 is 2.31 bits per heavy atom. The van der Waals surface area contributed by atoms with Crippen LogP contribution in [0.2, 0.25) is 0 Å². The minimum atomic E-state index is -0.271. The lowest BCUT2D eigenvalue weighted by Gasteiger charge is -2.01. The molecule has 0 aliphatic rings. The molecule has 16 heavy (non-hydrogen) atoms. The average molecular weight is 235 g/mol. The summed E-state index contributed by atoms with van der Waals surface area (Å²) in [7, 11) is 0. The summed E-state index contributed by atoms with van der Waals surface area (Å²) in [4.78, 5) is 23.9. The van der Waals surface area contributed by atoms with Crippen molar-refractivity contribution >= 4 is 28.2 Å². The number of aryl methyl sites for hydroxylation is 1. The molecule has 2 aromatic heterocycles. The van der Waals surface area contributed by atoms with Gasteiger partial charge in [-0.15, -0.1) is 0 Å². The molecule has 0 aliphatic heterocycles. The number of thiazole rings is 1. The van der Waals surface area contributed by atoms with Gasteiger partial charge in [0, 0.05) is 6.20 Å². The van der Waals surface area contributed by atoms with Gasteiger partial charge in [0.05, 0.1) is 6.20 Å². The molecule has 0 spiro atoms. The molecule has 2 heterocycles. The Hall–Kier alpha value is -2.02. The molecule has 0 fully saturated rings. The van der Waals surface area contributed by atoms with E-state index in [4.69, 9.17) is 5.73 Å². The summed E-state index contributed by atoms with van der Waals surface area (Å²) in [5.41, 5.74) is 5.44. The predicted molar refractivity (Wildman–Crippen MR) is 61.2 cm³/mol. The molecular weight excluding hydrogens is 226 g/mol. The first kappa shape index (κ1) is 10.5. The molecule has 0 unspecified atom stereocenters. The zero-order valence-electron chi connectivity index (χ0n) is 8.47. The number of rotatable bonds is 2. The molecule has 1 amide bonds. The number of nitrogen functional groups attached to an aromatic ring is 1. The van der Waals surface area contributed by atoms with Gasteiger partial charge in [-0.3, -0.25) is 4.79 Å². The number of anilines is 2. The van der Waals surface area contributed by atoms with Crippen molar-refractivity contribution in [2.24, 2.45) is 0 Å². The smallest absolute Gasteiger partial charge is 0.268 e. The summed E-state index contributed by atoms with van der Waals surface area (Å²) >= 11 is 1.13. The lowest BCUT2D eigenvalue weighted by Crippen LogP contribution is -2.11. The fraction of sp³-hybridized carbons (Fsp3) is 0.111. The maximum Gasteiger partial charge on any atom is 0.268 e. The van der Waals surface area contributed by atoms with E-state index in [0.29, 0.717) is 21.7 Å². The third-order valence-electron chi connectivity index (χ3n) is 1.76. The number of hydrogen-bond acceptors (Lipinski definition) is 6. The molecule has 0 aromatic carbocycles. The van der Waals surface area contributed by atoms with Crippen LogP contribution in [0.5, 0.6) is 0 Å². The molecule has 0 radical (unpaired) electrons. The van der Waals surface area contributed by atoms with E-state index < -0.39 is 0 Å². The molecule has 2 rings (SSSR count). The van der Waals surface area contributed by atoms with Crippen LogP contribution < -0.4 is 11.1 Å². The van der Waals surface area contributed by atoms with Crippen LogP contribution in [-0.4, -0.2) is 20.9 Å². The lowest BCUT2D eigenvalue weighted by atomic mass is 10.4. The molecule has 3 N–H and O–H groups in total. The molecule has 0 aliphatic carbocycles. The van der Waals surface area contributed by atoms with Crippen LogP contribution in [-0.2, 0) is 0 Å². The highest BCUT2D eigenvalue weighted by Crippen LogP contribution is 2.15. The first-order valence-corrected chi connectivity index (χ1v) is 5.29. The fourth-order valence-electron chi connectivity index (χ4n) is 1.10. The molecule has 0 atom stereocenters. The van der Waals surface area contributed by atoms with Crippen molar-refractivity contribution in [1.82, 2.24) is 15.0 Å². The van der Waals surface area contributed by atoms with Gasteiger partial charge in [-0.05, 0) is 13.0 Å². The topological polar surface area (TPSA) is 93.8 Å². The second-order valence-corrected chi connectivity index (χ2v) is 4.07. The van der Waals surface area contributed by atoms with Crippen LogP contribution in [0.25, 0.3) is 0 Å². The Kier molecular flexibility index (Phi) is 2.78. The van der Waals surface area contributed by atoms with Crippen molar-refractivity contribution in [2.75, 3.05) is 11.1 Å². The molecule has 82 valence electrons. The molecule has 0 saturated heterocycles.